The molecule has 0 aliphatic heterocycles. The molecule has 0 bridgehead atoms. The van der Waals surface area contributed by atoms with Gasteiger partial charge >= 0.3 is 0 Å². The fourth-order valence-corrected chi connectivity index (χ4v) is 2.49. The van der Waals surface area contributed by atoms with Gasteiger partial charge in [-0.3, -0.25) is 14.1 Å². The zero-order valence-electron chi connectivity index (χ0n) is 16.6. The summed E-state index contributed by atoms with van der Waals surface area (Å²) >= 11 is 0. The molecule has 2 rings (SSSR count). The highest BCUT2D eigenvalue weighted by atomic mass is 16.5. The Morgan fingerprint density at radius 3 is 2.61 bits per heavy atom. The van der Waals surface area contributed by atoms with E-state index in [9.17, 15) is 9.59 Å². The number of quaternary nitrogens is 1. The van der Waals surface area contributed by atoms with E-state index < -0.39 is 6.04 Å². The van der Waals surface area contributed by atoms with Crippen LogP contribution in [0.15, 0.2) is 35.2 Å². The first-order valence-corrected chi connectivity index (χ1v) is 9.16. The molecule has 0 saturated carbocycles. The Labute approximate surface area is 164 Å². The summed E-state index contributed by atoms with van der Waals surface area (Å²) < 4.78 is 10.5. The maximum atomic E-state index is 12.6. The lowest BCUT2D eigenvalue weighted by atomic mass is 10.0. The van der Waals surface area contributed by atoms with Gasteiger partial charge in [0.05, 0.1) is 32.7 Å². The van der Waals surface area contributed by atoms with Crippen molar-refractivity contribution < 1.29 is 18.8 Å². The van der Waals surface area contributed by atoms with Crippen LogP contribution in [0.2, 0.25) is 0 Å². The fraction of sp³-hybridized carbons (Fsp3) is 0.474. The van der Waals surface area contributed by atoms with E-state index in [1.165, 1.54) is 18.5 Å². The zero-order valence-corrected chi connectivity index (χ0v) is 16.6. The van der Waals surface area contributed by atoms with Gasteiger partial charge in [-0.25, -0.2) is 4.98 Å². The third kappa shape index (κ3) is 6.43. The van der Waals surface area contributed by atoms with Crippen LogP contribution in [0.4, 0.5) is 5.82 Å². The van der Waals surface area contributed by atoms with Gasteiger partial charge in [-0.05, 0) is 37.0 Å². The summed E-state index contributed by atoms with van der Waals surface area (Å²) in [6.07, 6.45) is 4.84. The van der Waals surface area contributed by atoms with Crippen molar-refractivity contribution in [1.82, 2.24) is 19.9 Å². The molecule has 1 amide bonds. The quantitative estimate of drug-likeness (QED) is 0.436. The van der Waals surface area contributed by atoms with Crippen LogP contribution in [0.1, 0.15) is 29.6 Å². The molecular weight excluding hydrogens is 362 g/mol. The lowest BCUT2D eigenvalue weighted by molar-refractivity contribution is -0.123. The molecule has 152 valence electrons. The number of pyridine rings is 1. The summed E-state index contributed by atoms with van der Waals surface area (Å²) in [5, 5.41) is 6.38. The van der Waals surface area contributed by atoms with Crippen LogP contribution in [0.3, 0.4) is 0 Å². The second-order valence-corrected chi connectivity index (χ2v) is 7.32. The van der Waals surface area contributed by atoms with Crippen molar-refractivity contribution in [3.8, 4) is 5.88 Å². The van der Waals surface area contributed by atoms with Crippen molar-refractivity contribution in [3.05, 3.63) is 36.2 Å². The average molecular weight is 390 g/mol. The first kappa shape index (κ1) is 21.5. The van der Waals surface area contributed by atoms with E-state index in [1.54, 1.807) is 12.1 Å². The second-order valence-electron chi connectivity index (χ2n) is 7.32. The summed E-state index contributed by atoms with van der Waals surface area (Å²) in [4.78, 5) is 29.5. The molecule has 28 heavy (non-hydrogen) atoms. The minimum absolute atomic E-state index is 0.210. The molecule has 2 heterocycles. The van der Waals surface area contributed by atoms with E-state index >= 15 is 0 Å². The molecule has 1 atom stereocenters. The summed E-state index contributed by atoms with van der Waals surface area (Å²) in [6, 6.07) is 4.34. The van der Waals surface area contributed by atoms with Gasteiger partial charge in [-0.2, -0.15) is 0 Å². The van der Waals surface area contributed by atoms with Crippen LogP contribution >= 0.6 is 0 Å². The number of carbonyl (C=O) groups is 2. The minimum Gasteiger partial charge on any atom is -0.467 e. The van der Waals surface area contributed by atoms with Crippen molar-refractivity contribution in [2.24, 2.45) is 5.73 Å². The van der Waals surface area contributed by atoms with Gasteiger partial charge in [0, 0.05) is 18.3 Å². The third-order valence-corrected chi connectivity index (χ3v) is 4.11. The number of ether oxygens (including phenoxy) is 1. The minimum atomic E-state index is -0.677. The largest absolute Gasteiger partial charge is 0.467 e. The highest BCUT2D eigenvalue weighted by Gasteiger charge is 2.23. The standard InChI is InChI=1S/C19H27N5O4/c1-24(2,3)17-8-7-14(12-21-17)19(26)22-15(6-4-5-10-20)16(25)13-27-18-9-11-28-23-18/h7-9,11-12,15H,4-6,10,13,20H2,1-3H3/p+1. The van der Waals surface area contributed by atoms with Gasteiger partial charge in [0.1, 0.15) is 6.26 Å². The van der Waals surface area contributed by atoms with Gasteiger partial charge in [-0.1, -0.05) is 0 Å². The summed E-state index contributed by atoms with van der Waals surface area (Å²) in [6.45, 7) is 0.319. The van der Waals surface area contributed by atoms with Gasteiger partial charge in [0.2, 0.25) is 5.82 Å². The Morgan fingerprint density at radius 2 is 2.04 bits per heavy atom. The SMILES string of the molecule is C[N+](C)(C)c1ccc(C(=O)NC(CCCCN)C(=O)COc2ccon2)cn1. The van der Waals surface area contributed by atoms with Crippen molar-refractivity contribution in [1.29, 1.82) is 0 Å². The van der Waals surface area contributed by atoms with E-state index in [0.717, 1.165) is 18.7 Å². The molecule has 2 aromatic rings. The first-order valence-electron chi connectivity index (χ1n) is 9.16. The van der Waals surface area contributed by atoms with Crippen LogP contribution < -0.4 is 20.3 Å². The highest BCUT2D eigenvalue weighted by molar-refractivity contribution is 5.98. The highest BCUT2D eigenvalue weighted by Crippen LogP contribution is 2.14. The monoisotopic (exact) mass is 390 g/mol. The zero-order chi connectivity index (χ0) is 20.6. The molecule has 9 nitrogen and oxygen atoms in total. The van der Waals surface area contributed by atoms with Crippen molar-refractivity contribution >= 4 is 17.5 Å². The lowest BCUT2D eigenvalue weighted by Gasteiger charge is -2.22. The number of hydrogen-bond acceptors (Lipinski definition) is 7. The van der Waals surface area contributed by atoms with Crippen molar-refractivity contribution in [3.63, 3.8) is 0 Å². The number of Topliss-reactive ketones (excluding diaryl/α,β-unsaturated/α-hetero) is 1. The molecule has 0 spiro atoms. The number of nitrogens with one attached hydrogen (secondary N) is 1. The van der Waals surface area contributed by atoms with Gasteiger partial charge in [0.25, 0.3) is 11.8 Å². The molecule has 0 aliphatic carbocycles. The van der Waals surface area contributed by atoms with E-state index in [1.807, 2.05) is 21.1 Å². The number of nitrogens with two attached hydrogens (primary N) is 1. The van der Waals surface area contributed by atoms with E-state index in [4.69, 9.17) is 10.5 Å². The van der Waals surface area contributed by atoms with Gasteiger partial charge < -0.3 is 20.3 Å². The first-order chi connectivity index (χ1) is 13.3. The van der Waals surface area contributed by atoms with Crippen LogP contribution in [0, 0.1) is 0 Å². The van der Waals surface area contributed by atoms with E-state index in [2.05, 4.69) is 20.0 Å². The van der Waals surface area contributed by atoms with Gasteiger partial charge in [-0.15, -0.1) is 0 Å². The van der Waals surface area contributed by atoms with E-state index in [0.29, 0.717) is 23.0 Å². The van der Waals surface area contributed by atoms with Crippen LogP contribution in [0.25, 0.3) is 0 Å². The third-order valence-electron chi connectivity index (χ3n) is 4.11. The number of hydrogen-bond donors (Lipinski definition) is 2. The molecule has 0 aliphatic rings. The smallest absolute Gasteiger partial charge is 0.254 e. The second kappa shape index (κ2) is 9.95. The predicted octanol–water partition coefficient (Wildman–Crippen LogP) is 1.14. The Hall–Kier alpha value is -2.78. The Morgan fingerprint density at radius 1 is 1.25 bits per heavy atom. The Kier molecular flexibility index (Phi) is 7.65. The summed E-state index contributed by atoms with van der Waals surface area (Å²) in [5.41, 5.74) is 5.92. The van der Waals surface area contributed by atoms with E-state index in [-0.39, 0.29) is 24.2 Å². The van der Waals surface area contributed by atoms with Crippen LogP contribution in [-0.2, 0) is 4.79 Å². The number of nitrogens with zero attached hydrogens (tertiary/aromatic N) is 3. The van der Waals surface area contributed by atoms with Crippen LogP contribution in [0.5, 0.6) is 5.88 Å². The molecule has 0 radical (unpaired) electrons. The molecule has 2 aromatic heterocycles. The van der Waals surface area contributed by atoms with Crippen molar-refractivity contribution in [2.75, 3.05) is 34.3 Å². The maximum Gasteiger partial charge on any atom is 0.254 e. The lowest BCUT2D eigenvalue weighted by Crippen LogP contribution is -2.43. The molecule has 0 aromatic carbocycles. The molecular formula is C19H28N5O4+. The molecule has 0 fully saturated rings. The summed E-state index contributed by atoms with van der Waals surface area (Å²) in [7, 11) is 5.97. The Bertz CT molecular complexity index is 754. The number of ketones is 1. The molecule has 9 heteroatoms. The molecule has 0 saturated heterocycles. The Balaban J connectivity index is 2.01. The topological polar surface area (TPSA) is 120 Å². The normalized spacial score (nSPS) is 12.4. The number of amides is 1. The number of carbonyl (C=O) groups excluding carboxylic acids is 2. The van der Waals surface area contributed by atoms with Crippen LogP contribution in [-0.4, -0.2) is 62.2 Å². The molecule has 1 unspecified atom stereocenters. The number of rotatable bonds is 11. The summed E-state index contributed by atoms with van der Waals surface area (Å²) in [5.74, 6) is 0.450. The number of aromatic nitrogens is 2. The fourth-order valence-electron chi connectivity index (χ4n) is 2.49. The van der Waals surface area contributed by atoms with Crippen molar-refractivity contribution in [2.45, 2.75) is 25.3 Å². The average Bonchev–Trinajstić information content (AvgIpc) is 3.18. The van der Waals surface area contributed by atoms with Gasteiger partial charge in [0.15, 0.2) is 12.4 Å². The predicted molar refractivity (Wildman–Crippen MR) is 105 cm³/mol. The maximum absolute atomic E-state index is 12.6. The number of unbranched alkanes of at least 4 members (excludes halogenated alkanes) is 1. The molecule has 3 N–H and O–H groups in total.